The molecule has 0 unspecified atom stereocenters. The maximum atomic E-state index is 9.66. The maximum absolute atomic E-state index is 9.66. The average molecular weight is 918 g/mol. The van der Waals surface area contributed by atoms with Crippen molar-refractivity contribution >= 4 is 70.5 Å². The fourth-order valence-corrected chi connectivity index (χ4v) is 8.76. The lowest BCUT2D eigenvalue weighted by Crippen LogP contribution is -3.00. The second-order valence-corrected chi connectivity index (χ2v) is 17.2. The Hall–Kier alpha value is -7.11. The molecule has 4 aromatic heterocycles. The van der Waals surface area contributed by atoms with E-state index in [1.807, 2.05) is 12.1 Å². The molecule has 0 aliphatic carbocycles. The molecule has 10 aromatic rings. The summed E-state index contributed by atoms with van der Waals surface area (Å²) in [5.41, 5.74) is 13.5. The molecular formula is C55H49ClN2O7S. The molecule has 0 saturated carbocycles. The minimum absolute atomic E-state index is 0. The van der Waals surface area contributed by atoms with Gasteiger partial charge in [-0.3, -0.25) is 4.79 Å². The quantitative estimate of drug-likeness (QED) is 0.0562. The summed E-state index contributed by atoms with van der Waals surface area (Å²) in [5.74, 6) is 0.673. The van der Waals surface area contributed by atoms with Crippen molar-refractivity contribution in [2.45, 2.75) is 41.5 Å². The smallest absolute Gasteiger partial charge is 0.318 e. The molecule has 10 rings (SSSR count). The number of fused-ring (bicyclic) bond motifs is 8. The molecule has 66 heavy (non-hydrogen) atoms. The summed E-state index contributed by atoms with van der Waals surface area (Å²) in [6.07, 6.45) is 6.53. The van der Waals surface area contributed by atoms with Gasteiger partial charge in [-0.2, -0.15) is 8.80 Å². The van der Waals surface area contributed by atoms with Crippen molar-refractivity contribution in [3.05, 3.63) is 180 Å². The monoisotopic (exact) mass is 916 g/mol. The van der Waals surface area contributed by atoms with E-state index in [4.69, 9.17) is 9.47 Å². The van der Waals surface area contributed by atoms with Gasteiger partial charge in [-0.25, -0.2) is 8.42 Å². The van der Waals surface area contributed by atoms with Gasteiger partial charge in [0.25, 0.3) is 10.4 Å². The Labute approximate surface area is 390 Å². The number of aryl methyl sites for hydroxylation is 5. The van der Waals surface area contributed by atoms with Crippen LogP contribution in [0.25, 0.3) is 76.4 Å². The number of hydrogen-bond donors (Lipinski definition) is 0. The highest BCUT2D eigenvalue weighted by atomic mass is 35.5. The van der Waals surface area contributed by atoms with Crippen molar-refractivity contribution in [3.8, 4) is 33.8 Å². The Morgan fingerprint density at radius 2 is 1.00 bits per heavy atom. The number of ether oxygens (including phenoxy) is 2. The third-order valence-corrected chi connectivity index (χ3v) is 12.5. The van der Waals surface area contributed by atoms with Crippen molar-refractivity contribution < 1.29 is 52.6 Å². The van der Waals surface area contributed by atoms with E-state index in [1.165, 1.54) is 82.1 Å². The summed E-state index contributed by atoms with van der Waals surface area (Å²) < 4.78 is 47.5. The molecule has 0 aliphatic rings. The molecule has 0 fully saturated rings. The van der Waals surface area contributed by atoms with Crippen LogP contribution in [0, 0.1) is 34.6 Å². The number of hydrogen-bond acceptors (Lipinski definition) is 7. The van der Waals surface area contributed by atoms with Crippen LogP contribution in [0.3, 0.4) is 0 Å². The lowest BCUT2D eigenvalue weighted by atomic mass is 9.97. The van der Waals surface area contributed by atoms with Crippen molar-refractivity contribution in [2.75, 3.05) is 14.2 Å². The van der Waals surface area contributed by atoms with Crippen LogP contribution in [0.5, 0.6) is 11.5 Å². The van der Waals surface area contributed by atoms with Gasteiger partial charge in [-0.05, 0) is 119 Å². The average Bonchev–Trinajstić information content (AvgIpc) is 3.29. The Balaban J connectivity index is 0.000000167. The predicted octanol–water partition coefficient (Wildman–Crippen LogP) is 8.37. The Morgan fingerprint density at radius 3 is 1.50 bits per heavy atom. The van der Waals surface area contributed by atoms with Gasteiger partial charge in [0.2, 0.25) is 11.0 Å². The molecule has 0 saturated heterocycles. The van der Waals surface area contributed by atoms with E-state index < -0.39 is 16.4 Å². The normalized spacial score (nSPS) is 11.2. The van der Waals surface area contributed by atoms with Crippen LogP contribution >= 0.6 is 0 Å². The number of carbonyl (C=O) groups excluding carboxylic acids is 1. The van der Waals surface area contributed by atoms with E-state index in [0.717, 1.165) is 40.7 Å². The number of nitrogens with zero attached hydrogens (tertiary/aromatic N) is 2. The topological polar surface area (TPSA) is 110 Å². The second-order valence-electron chi connectivity index (χ2n) is 16.3. The molecule has 9 nitrogen and oxygen atoms in total. The van der Waals surface area contributed by atoms with Crippen molar-refractivity contribution in [3.63, 3.8) is 0 Å². The molecule has 0 spiro atoms. The predicted molar refractivity (Wildman–Crippen MR) is 258 cm³/mol. The number of halogens is 1. The number of benzene rings is 6. The van der Waals surface area contributed by atoms with E-state index in [1.54, 1.807) is 14.2 Å². The lowest BCUT2D eigenvalue weighted by molar-refractivity contribution is -0.516. The molecule has 0 radical (unpaired) electrons. The Kier molecular flexibility index (Phi) is 13.6. The zero-order chi connectivity index (χ0) is 46.2. The van der Waals surface area contributed by atoms with E-state index in [0.29, 0.717) is 0 Å². The second kappa shape index (κ2) is 19.2. The first-order valence-corrected chi connectivity index (χ1v) is 22.5. The summed E-state index contributed by atoms with van der Waals surface area (Å²) in [7, 11) is -1.34. The number of rotatable bonds is 5. The van der Waals surface area contributed by atoms with Crippen LogP contribution in [-0.4, -0.2) is 33.2 Å². The van der Waals surface area contributed by atoms with E-state index in [2.05, 4.69) is 188 Å². The van der Waals surface area contributed by atoms with Crippen LogP contribution in [-0.2, 0) is 19.4 Å². The molecule has 11 heteroatoms. The largest absolute Gasteiger partial charge is 1.00 e. The van der Waals surface area contributed by atoms with Gasteiger partial charge >= 0.3 is 5.97 Å². The number of methoxy groups -OCH3 is 2. The molecular weight excluding hydrogens is 868 g/mol. The van der Waals surface area contributed by atoms with Crippen LogP contribution in [0.2, 0.25) is 0 Å². The Morgan fingerprint density at radius 1 is 0.530 bits per heavy atom. The highest BCUT2D eigenvalue weighted by Gasteiger charge is 2.19. The van der Waals surface area contributed by atoms with E-state index in [-0.39, 0.29) is 12.4 Å². The molecule has 0 aliphatic heterocycles. The first kappa shape index (κ1) is 46.9. The SMILES string of the molecule is CC(=O)OS(=O)(=O)[O-].COc1cc2cc[n+]3c(C)c4cc(C)c(C)cc4cc3c2cc1-c1ccccc1.COc1cc2cc[n+]3cc4cc(C)c(C)cc4cc3c2cc1-c1ccccc1.[Cl-]. The molecule has 0 N–H and O–H groups in total. The zero-order valence-electron chi connectivity index (χ0n) is 38.0. The molecule has 334 valence electrons. The van der Waals surface area contributed by atoms with Gasteiger partial charge in [-0.15, -0.1) is 0 Å². The first-order valence-electron chi connectivity index (χ1n) is 21.1. The summed E-state index contributed by atoms with van der Waals surface area (Å²) in [6, 6.07) is 47.8. The third-order valence-electron chi connectivity index (χ3n) is 12.0. The first-order chi connectivity index (χ1) is 31.1. The van der Waals surface area contributed by atoms with Crippen LogP contribution in [0.1, 0.15) is 34.9 Å². The number of pyridine rings is 4. The van der Waals surface area contributed by atoms with Crippen LogP contribution < -0.4 is 30.7 Å². The number of aromatic nitrogens is 2. The van der Waals surface area contributed by atoms with Gasteiger partial charge in [-0.1, -0.05) is 72.8 Å². The highest BCUT2D eigenvalue weighted by Crippen LogP contribution is 2.37. The standard InChI is InChI=1S/C27H24NO.C26H22NO.C2H4O5S.ClH/c1-17-12-22-14-26-24-16-25(20-8-6-5-7-9-20)27(29-4)15-21(24)10-11-28(26)19(3)23(22)13-18(17)2;1-17-11-21-13-25-23-15-24(19-7-5-4-6-8-19)26(28-3)14-20(23)9-10-27(25)16-22(21)12-18(17)2;1-2(3)7-8(4,5)6;/h5-16H,1-4H3;4-16H,1-3H3;1H3,(H,4,5,6);1H/q2*+1;;/p-2. The fourth-order valence-electron chi connectivity index (χ4n) is 8.47. The minimum atomic E-state index is -4.82. The van der Waals surface area contributed by atoms with Gasteiger partial charge in [0.1, 0.15) is 11.5 Å². The Bertz CT molecular complexity index is 3600. The van der Waals surface area contributed by atoms with Gasteiger partial charge in [0, 0.05) is 60.0 Å². The summed E-state index contributed by atoms with van der Waals surface area (Å²) in [6.45, 7) is 11.7. The lowest BCUT2D eigenvalue weighted by Gasteiger charge is -2.12. The van der Waals surface area contributed by atoms with Crippen LogP contribution in [0.15, 0.2) is 152 Å². The number of carbonyl (C=O) groups is 1. The van der Waals surface area contributed by atoms with E-state index >= 15 is 0 Å². The highest BCUT2D eigenvalue weighted by molar-refractivity contribution is 7.81. The van der Waals surface area contributed by atoms with Gasteiger partial charge in [0.15, 0.2) is 24.3 Å². The molecule has 0 atom stereocenters. The molecule has 0 amide bonds. The zero-order valence-corrected chi connectivity index (χ0v) is 39.5. The van der Waals surface area contributed by atoms with E-state index in [9.17, 15) is 17.8 Å². The summed E-state index contributed by atoms with van der Waals surface area (Å²) >= 11 is 0. The van der Waals surface area contributed by atoms with Crippen molar-refractivity contribution in [1.82, 2.24) is 0 Å². The molecule has 0 bridgehead atoms. The summed E-state index contributed by atoms with van der Waals surface area (Å²) in [5, 5.41) is 9.95. The van der Waals surface area contributed by atoms with Gasteiger partial charge < -0.3 is 30.6 Å². The fraction of sp³-hybridized carbons (Fsp3) is 0.145. The maximum Gasteiger partial charge on any atom is 0.318 e. The minimum Gasteiger partial charge on any atom is -1.00 e. The third kappa shape index (κ3) is 9.62. The van der Waals surface area contributed by atoms with Crippen molar-refractivity contribution in [2.24, 2.45) is 0 Å². The summed E-state index contributed by atoms with van der Waals surface area (Å²) in [4.78, 5) is 9.66. The van der Waals surface area contributed by atoms with Crippen LogP contribution in [0.4, 0.5) is 0 Å². The van der Waals surface area contributed by atoms with Crippen molar-refractivity contribution in [1.29, 1.82) is 0 Å². The molecule has 4 heterocycles. The van der Waals surface area contributed by atoms with Gasteiger partial charge in [0.05, 0.1) is 25.0 Å². The molecule has 6 aromatic carbocycles.